The number of nitrogens with one attached hydrogen (secondary N) is 1. The van der Waals surface area contributed by atoms with Gasteiger partial charge in [-0.3, -0.25) is 0 Å². The second-order valence-electron chi connectivity index (χ2n) is 4.41. The lowest BCUT2D eigenvalue weighted by molar-refractivity contribution is 0.388. The Hall–Kier alpha value is 0.0700. The van der Waals surface area contributed by atoms with Crippen LogP contribution in [-0.2, 0) is 0 Å². The molecule has 0 aliphatic heterocycles. The third-order valence-electron chi connectivity index (χ3n) is 3.19. The molecule has 3 unspecified atom stereocenters. The number of thiazole rings is 1. The van der Waals surface area contributed by atoms with Gasteiger partial charge in [-0.25, -0.2) is 4.98 Å². The zero-order valence-corrected chi connectivity index (χ0v) is 11.6. The van der Waals surface area contributed by atoms with Gasteiger partial charge < -0.3 is 5.32 Å². The Morgan fingerprint density at radius 3 is 2.93 bits per heavy atom. The standard InChI is InChI=1S/C11H17BrN2S/c1-7-4-3-5-9(7)14-8(2)11-13-6-10(12)15-11/h6-9,14H,3-5H2,1-2H3. The van der Waals surface area contributed by atoms with Crippen LogP contribution >= 0.6 is 27.3 Å². The molecule has 1 aromatic rings. The summed E-state index contributed by atoms with van der Waals surface area (Å²) in [5.41, 5.74) is 0. The average Bonchev–Trinajstić information content (AvgIpc) is 2.77. The van der Waals surface area contributed by atoms with Gasteiger partial charge in [-0.15, -0.1) is 11.3 Å². The maximum atomic E-state index is 4.39. The van der Waals surface area contributed by atoms with Gasteiger partial charge >= 0.3 is 0 Å². The lowest BCUT2D eigenvalue weighted by Crippen LogP contribution is -2.33. The normalized spacial score (nSPS) is 28.2. The van der Waals surface area contributed by atoms with Crippen LogP contribution in [0.5, 0.6) is 0 Å². The van der Waals surface area contributed by atoms with E-state index in [-0.39, 0.29) is 0 Å². The Morgan fingerprint density at radius 1 is 1.60 bits per heavy atom. The number of rotatable bonds is 3. The van der Waals surface area contributed by atoms with Crippen LogP contribution in [0.3, 0.4) is 0 Å². The minimum Gasteiger partial charge on any atom is -0.305 e. The highest BCUT2D eigenvalue weighted by Gasteiger charge is 2.25. The second-order valence-corrected chi connectivity index (χ2v) is 6.85. The molecule has 0 aromatic carbocycles. The molecule has 3 atom stereocenters. The molecule has 1 saturated carbocycles. The molecule has 1 aliphatic rings. The minimum atomic E-state index is 0.381. The Labute approximate surface area is 104 Å². The summed E-state index contributed by atoms with van der Waals surface area (Å²) in [6.45, 7) is 4.55. The van der Waals surface area contributed by atoms with Crippen LogP contribution in [0, 0.1) is 5.92 Å². The number of halogens is 1. The van der Waals surface area contributed by atoms with Crippen LogP contribution in [0.25, 0.3) is 0 Å². The zero-order chi connectivity index (χ0) is 10.8. The van der Waals surface area contributed by atoms with Gasteiger partial charge in [0.2, 0.25) is 0 Å². The minimum absolute atomic E-state index is 0.381. The number of aromatic nitrogens is 1. The molecule has 1 N–H and O–H groups in total. The summed E-state index contributed by atoms with van der Waals surface area (Å²) in [7, 11) is 0. The fourth-order valence-corrected chi connectivity index (χ4v) is 3.51. The van der Waals surface area contributed by atoms with Crippen molar-refractivity contribution in [1.29, 1.82) is 0 Å². The van der Waals surface area contributed by atoms with E-state index >= 15 is 0 Å². The third kappa shape index (κ3) is 2.80. The lowest BCUT2D eigenvalue weighted by atomic mass is 10.1. The molecular weight excluding hydrogens is 272 g/mol. The van der Waals surface area contributed by atoms with E-state index in [1.807, 2.05) is 6.20 Å². The molecule has 1 aliphatic carbocycles. The molecule has 1 aromatic heterocycles. The van der Waals surface area contributed by atoms with Crippen molar-refractivity contribution >= 4 is 27.3 Å². The van der Waals surface area contributed by atoms with Crippen LogP contribution < -0.4 is 5.32 Å². The Bertz CT molecular complexity index is 326. The molecule has 0 saturated heterocycles. The van der Waals surface area contributed by atoms with Crippen molar-refractivity contribution in [1.82, 2.24) is 10.3 Å². The summed E-state index contributed by atoms with van der Waals surface area (Å²) in [5.74, 6) is 0.816. The first kappa shape index (κ1) is 11.6. The summed E-state index contributed by atoms with van der Waals surface area (Å²) in [4.78, 5) is 4.39. The zero-order valence-electron chi connectivity index (χ0n) is 9.16. The second kappa shape index (κ2) is 4.93. The van der Waals surface area contributed by atoms with Crippen molar-refractivity contribution in [2.75, 3.05) is 0 Å². The lowest BCUT2D eigenvalue weighted by Gasteiger charge is -2.21. The van der Waals surface area contributed by atoms with Crippen molar-refractivity contribution in [2.45, 2.75) is 45.2 Å². The van der Waals surface area contributed by atoms with E-state index in [1.54, 1.807) is 11.3 Å². The van der Waals surface area contributed by atoms with Gasteiger partial charge in [-0.05, 0) is 41.6 Å². The van der Waals surface area contributed by atoms with Crippen molar-refractivity contribution in [3.63, 3.8) is 0 Å². The van der Waals surface area contributed by atoms with Crippen molar-refractivity contribution < 1.29 is 0 Å². The first-order valence-corrected chi connectivity index (χ1v) is 7.15. The van der Waals surface area contributed by atoms with E-state index in [0.717, 1.165) is 9.70 Å². The molecule has 2 rings (SSSR count). The smallest absolute Gasteiger partial charge is 0.110 e. The quantitative estimate of drug-likeness (QED) is 0.916. The molecule has 0 radical (unpaired) electrons. The molecule has 4 heteroatoms. The number of hydrogen-bond acceptors (Lipinski definition) is 3. The van der Waals surface area contributed by atoms with Gasteiger partial charge in [0.05, 0.1) is 16.0 Å². The Balaban J connectivity index is 1.94. The molecule has 1 heterocycles. The first-order valence-electron chi connectivity index (χ1n) is 5.54. The maximum Gasteiger partial charge on any atom is 0.110 e. The van der Waals surface area contributed by atoms with Gasteiger partial charge in [-0.2, -0.15) is 0 Å². The van der Waals surface area contributed by atoms with Crippen LogP contribution in [-0.4, -0.2) is 11.0 Å². The van der Waals surface area contributed by atoms with Gasteiger partial charge in [0.15, 0.2) is 0 Å². The highest BCUT2D eigenvalue weighted by atomic mass is 79.9. The van der Waals surface area contributed by atoms with Crippen molar-refractivity contribution in [2.24, 2.45) is 5.92 Å². The van der Waals surface area contributed by atoms with E-state index in [1.165, 1.54) is 24.3 Å². The molecule has 0 amide bonds. The molecule has 1 fully saturated rings. The summed E-state index contributed by atoms with van der Waals surface area (Å²) < 4.78 is 1.12. The van der Waals surface area contributed by atoms with E-state index in [9.17, 15) is 0 Å². The Morgan fingerprint density at radius 2 is 2.40 bits per heavy atom. The number of hydrogen-bond donors (Lipinski definition) is 1. The molecule has 84 valence electrons. The predicted molar refractivity (Wildman–Crippen MR) is 68.2 cm³/mol. The van der Waals surface area contributed by atoms with Crippen LogP contribution in [0.4, 0.5) is 0 Å². The molecule has 0 spiro atoms. The third-order valence-corrected chi connectivity index (χ3v) is 4.85. The van der Waals surface area contributed by atoms with Crippen molar-refractivity contribution in [3.8, 4) is 0 Å². The topological polar surface area (TPSA) is 24.9 Å². The van der Waals surface area contributed by atoms with E-state index in [2.05, 4.69) is 40.1 Å². The fraction of sp³-hybridized carbons (Fsp3) is 0.727. The van der Waals surface area contributed by atoms with E-state index < -0.39 is 0 Å². The Kier molecular flexibility index (Phi) is 3.80. The predicted octanol–water partition coefficient (Wildman–Crippen LogP) is 3.74. The molecule has 2 nitrogen and oxygen atoms in total. The fourth-order valence-electron chi connectivity index (χ4n) is 2.25. The van der Waals surface area contributed by atoms with Crippen LogP contribution in [0.2, 0.25) is 0 Å². The SMILES string of the molecule is CC(NC1CCCC1C)c1ncc(Br)s1. The van der Waals surface area contributed by atoms with Gasteiger partial charge in [0.25, 0.3) is 0 Å². The van der Waals surface area contributed by atoms with Crippen molar-refractivity contribution in [3.05, 3.63) is 15.0 Å². The molecular formula is C11H17BrN2S. The summed E-state index contributed by atoms with van der Waals surface area (Å²) in [6.07, 6.45) is 5.94. The van der Waals surface area contributed by atoms with E-state index in [4.69, 9.17) is 0 Å². The van der Waals surface area contributed by atoms with Gasteiger partial charge in [-0.1, -0.05) is 13.3 Å². The largest absolute Gasteiger partial charge is 0.305 e. The molecule has 0 bridgehead atoms. The highest BCUT2D eigenvalue weighted by Crippen LogP contribution is 2.29. The molecule has 15 heavy (non-hydrogen) atoms. The summed E-state index contributed by atoms with van der Waals surface area (Å²) in [5, 5.41) is 4.87. The van der Waals surface area contributed by atoms with Gasteiger partial charge in [0.1, 0.15) is 5.01 Å². The summed E-state index contributed by atoms with van der Waals surface area (Å²) in [6, 6.07) is 1.06. The highest BCUT2D eigenvalue weighted by molar-refractivity contribution is 9.11. The maximum absolute atomic E-state index is 4.39. The summed E-state index contributed by atoms with van der Waals surface area (Å²) >= 11 is 5.18. The van der Waals surface area contributed by atoms with Crippen LogP contribution in [0.15, 0.2) is 9.98 Å². The monoisotopic (exact) mass is 288 g/mol. The number of nitrogens with zero attached hydrogens (tertiary/aromatic N) is 1. The van der Waals surface area contributed by atoms with E-state index in [0.29, 0.717) is 12.1 Å². The average molecular weight is 289 g/mol. The van der Waals surface area contributed by atoms with Crippen LogP contribution in [0.1, 0.15) is 44.2 Å². The first-order chi connectivity index (χ1) is 7.16. The van der Waals surface area contributed by atoms with Gasteiger partial charge in [0, 0.05) is 6.04 Å².